The SMILES string of the molecule is O=C(c1ccncc1)N1CCN(C[C@H]2CC=CCC2)CC1. The van der Waals surface area contributed by atoms with Crippen molar-refractivity contribution in [3.05, 3.63) is 42.2 Å². The van der Waals surface area contributed by atoms with Crippen LogP contribution in [0.4, 0.5) is 0 Å². The zero-order chi connectivity index (χ0) is 14.5. The second-order valence-electron chi connectivity index (χ2n) is 5.98. The van der Waals surface area contributed by atoms with Crippen LogP contribution >= 0.6 is 0 Å². The van der Waals surface area contributed by atoms with Crippen LogP contribution in [0, 0.1) is 5.92 Å². The number of nitrogens with zero attached hydrogens (tertiary/aromatic N) is 3. The molecule has 4 heteroatoms. The maximum Gasteiger partial charge on any atom is 0.254 e. The minimum atomic E-state index is 0.137. The molecule has 1 fully saturated rings. The fraction of sp³-hybridized carbons (Fsp3) is 0.529. The van der Waals surface area contributed by atoms with Gasteiger partial charge in [0.2, 0.25) is 0 Å². The molecule has 0 unspecified atom stereocenters. The lowest BCUT2D eigenvalue weighted by molar-refractivity contribution is 0.0614. The number of amides is 1. The quantitative estimate of drug-likeness (QED) is 0.799. The zero-order valence-electron chi connectivity index (χ0n) is 12.4. The molecular formula is C17H23N3O. The second-order valence-corrected chi connectivity index (χ2v) is 5.98. The average molecular weight is 285 g/mol. The Kier molecular flexibility index (Phi) is 4.65. The standard InChI is InChI=1S/C17H23N3O/c21-17(16-6-8-18-9-7-16)20-12-10-19(11-13-20)14-15-4-2-1-3-5-15/h1-2,6-9,15H,3-5,10-14H2/t15-/m0/s1. The number of aromatic nitrogens is 1. The van der Waals surface area contributed by atoms with E-state index in [0.717, 1.165) is 37.7 Å². The van der Waals surface area contributed by atoms with Gasteiger partial charge in [-0.2, -0.15) is 0 Å². The molecule has 4 nitrogen and oxygen atoms in total. The highest BCUT2D eigenvalue weighted by atomic mass is 16.2. The molecule has 1 aliphatic carbocycles. The monoisotopic (exact) mass is 285 g/mol. The van der Waals surface area contributed by atoms with Crippen molar-refractivity contribution in [3.63, 3.8) is 0 Å². The molecule has 0 saturated carbocycles. The van der Waals surface area contributed by atoms with Crippen molar-refractivity contribution in [2.75, 3.05) is 32.7 Å². The molecule has 2 heterocycles. The van der Waals surface area contributed by atoms with E-state index in [4.69, 9.17) is 0 Å². The first kappa shape index (κ1) is 14.3. The molecule has 1 amide bonds. The highest BCUT2D eigenvalue weighted by Gasteiger charge is 2.23. The van der Waals surface area contributed by atoms with Crippen LogP contribution in [0.2, 0.25) is 0 Å². The van der Waals surface area contributed by atoms with Crippen molar-refractivity contribution >= 4 is 5.91 Å². The van der Waals surface area contributed by atoms with E-state index in [1.54, 1.807) is 24.5 Å². The molecule has 112 valence electrons. The summed E-state index contributed by atoms with van der Waals surface area (Å²) in [5.41, 5.74) is 0.746. The summed E-state index contributed by atoms with van der Waals surface area (Å²) < 4.78 is 0. The summed E-state index contributed by atoms with van der Waals surface area (Å²) in [5, 5.41) is 0. The highest BCUT2D eigenvalue weighted by Crippen LogP contribution is 2.20. The molecule has 21 heavy (non-hydrogen) atoms. The maximum atomic E-state index is 12.4. The number of carbonyl (C=O) groups excluding carboxylic acids is 1. The van der Waals surface area contributed by atoms with Gasteiger partial charge in [0.1, 0.15) is 0 Å². The van der Waals surface area contributed by atoms with Gasteiger partial charge in [-0.3, -0.25) is 14.7 Å². The van der Waals surface area contributed by atoms with Crippen molar-refractivity contribution < 1.29 is 4.79 Å². The lowest BCUT2D eigenvalue weighted by atomic mass is 9.94. The van der Waals surface area contributed by atoms with Crippen LogP contribution in [-0.4, -0.2) is 53.4 Å². The number of carbonyl (C=O) groups is 1. The van der Waals surface area contributed by atoms with Gasteiger partial charge >= 0.3 is 0 Å². The molecule has 1 saturated heterocycles. The predicted molar refractivity (Wildman–Crippen MR) is 83.1 cm³/mol. The summed E-state index contributed by atoms with van der Waals surface area (Å²) in [6.07, 6.45) is 11.7. The number of pyridine rings is 1. The molecule has 0 aromatic carbocycles. The van der Waals surface area contributed by atoms with Crippen molar-refractivity contribution in [1.82, 2.24) is 14.8 Å². The van der Waals surface area contributed by atoms with E-state index < -0.39 is 0 Å². The van der Waals surface area contributed by atoms with E-state index in [1.807, 2.05) is 4.90 Å². The fourth-order valence-electron chi connectivity index (χ4n) is 3.20. The lowest BCUT2D eigenvalue weighted by Crippen LogP contribution is -2.49. The highest BCUT2D eigenvalue weighted by molar-refractivity contribution is 5.94. The van der Waals surface area contributed by atoms with E-state index in [1.165, 1.54) is 25.8 Å². The Labute approximate surface area is 126 Å². The molecule has 0 radical (unpaired) electrons. The predicted octanol–water partition coefficient (Wildman–Crippen LogP) is 2.20. The van der Waals surface area contributed by atoms with Crippen LogP contribution in [-0.2, 0) is 0 Å². The second kappa shape index (κ2) is 6.85. The fourth-order valence-corrected chi connectivity index (χ4v) is 3.20. The minimum absolute atomic E-state index is 0.137. The van der Waals surface area contributed by atoms with Crippen LogP contribution < -0.4 is 0 Å². The molecular weight excluding hydrogens is 262 g/mol. The summed E-state index contributed by atoms with van der Waals surface area (Å²) in [7, 11) is 0. The summed E-state index contributed by atoms with van der Waals surface area (Å²) in [6.45, 7) is 4.85. The molecule has 0 bridgehead atoms. The zero-order valence-corrected chi connectivity index (χ0v) is 12.4. The minimum Gasteiger partial charge on any atom is -0.336 e. The molecule has 0 spiro atoms. The van der Waals surface area contributed by atoms with Crippen LogP contribution in [0.15, 0.2) is 36.7 Å². The lowest BCUT2D eigenvalue weighted by Gasteiger charge is -2.36. The third-order valence-corrected chi connectivity index (χ3v) is 4.48. The van der Waals surface area contributed by atoms with E-state index in [9.17, 15) is 4.79 Å². The third-order valence-electron chi connectivity index (χ3n) is 4.48. The van der Waals surface area contributed by atoms with Gasteiger partial charge in [0.05, 0.1) is 0 Å². The Morgan fingerprint density at radius 3 is 2.57 bits per heavy atom. The van der Waals surface area contributed by atoms with E-state index >= 15 is 0 Å². The summed E-state index contributed by atoms with van der Waals surface area (Å²) in [6, 6.07) is 3.59. The summed E-state index contributed by atoms with van der Waals surface area (Å²) >= 11 is 0. The van der Waals surface area contributed by atoms with E-state index in [0.29, 0.717) is 0 Å². The smallest absolute Gasteiger partial charge is 0.254 e. The topological polar surface area (TPSA) is 36.4 Å². The molecule has 1 aromatic rings. The van der Waals surface area contributed by atoms with Gasteiger partial charge in [0.25, 0.3) is 5.91 Å². The maximum absolute atomic E-state index is 12.4. The van der Waals surface area contributed by atoms with Gasteiger partial charge in [0, 0.05) is 50.7 Å². The van der Waals surface area contributed by atoms with Crippen molar-refractivity contribution in [2.24, 2.45) is 5.92 Å². The van der Waals surface area contributed by atoms with E-state index in [2.05, 4.69) is 22.0 Å². The molecule has 1 aliphatic heterocycles. The van der Waals surface area contributed by atoms with Gasteiger partial charge in [-0.05, 0) is 37.3 Å². The summed E-state index contributed by atoms with van der Waals surface area (Å²) in [4.78, 5) is 20.8. The number of hydrogen-bond donors (Lipinski definition) is 0. The van der Waals surface area contributed by atoms with E-state index in [-0.39, 0.29) is 5.91 Å². The number of rotatable bonds is 3. The van der Waals surface area contributed by atoms with Crippen LogP contribution in [0.3, 0.4) is 0 Å². The summed E-state index contributed by atoms with van der Waals surface area (Å²) in [5.74, 6) is 0.940. The average Bonchev–Trinajstić information content (AvgIpc) is 2.57. The van der Waals surface area contributed by atoms with Gasteiger partial charge in [-0.1, -0.05) is 12.2 Å². The molecule has 1 atom stereocenters. The van der Waals surface area contributed by atoms with Crippen molar-refractivity contribution in [2.45, 2.75) is 19.3 Å². The number of allylic oxidation sites excluding steroid dienone is 2. The Hall–Kier alpha value is -1.68. The Morgan fingerprint density at radius 1 is 1.14 bits per heavy atom. The first-order valence-electron chi connectivity index (χ1n) is 7.89. The molecule has 2 aliphatic rings. The van der Waals surface area contributed by atoms with Gasteiger partial charge in [-0.15, -0.1) is 0 Å². The first-order valence-corrected chi connectivity index (χ1v) is 7.89. The van der Waals surface area contributed by atoms with Crippen LogP contribution in [0.1, 0.15) is 29.6 Å². The largest absolute Gasteiger partial charge is 0.336 e. The Bertz CT molecular complexity index is 492. The first-order chi connectivity index (χ1) is 10.3. The van der Waals surface area contributed by atoms with Gasteiger partial charge in [-0.25, -0.2) is 0 Å². The Morgan fingerprint density at radius 2 is 1.90 bits per heavy atom. The van der Waals surface area contributed by atoms with Crippen LogP contribution in [0.5, 0.6) is 0 Å². The van der Waals surface area contributed by atoms with Crippen molar-refractivity contribution in [3.8, 4) is 0 Å². The third kappa shape index (κ3) is 3.70. The van der Waals surface area contributed by atoms with Crippen LogP contribution in [0.25, 0.3) is 0 Å². The van der Waals surface area contributed by atoms with Gasteiger partial charge in [0.15, 0.2) is 0 Å². The number of hydrogen-bond acceptors (Lipinski definition) is 3. The molecule has 1 aromatic heterocycles. The normalized spacial score (nSPS) is 23.2. The Balaban J connectivity index is 1.48. The number of piperazine rings is 1. The molecule has 0 N–H and O–H groups in total. The van der Waals surface area contributed by atoms with Crippen molar-refractivity contribution in [1.29, 1.82) is 0 Å². The van der Waals surface area contributed by atoms with Gasteiger partial charge < -0.3 is 4.90 Å². The molecule has 3 rings (SSSR count).